The molecular formula is C11H6N6. The van der Waals surface area contributed by atoms with Gasteiger partial charge in [-0.1, -0.05) is 0 Å². The predicted molar refractivity (Wildman–Crippen MR) is 52.3 cm³/mol. The highest BCUT2D eigenvalue weighted by atomic mass is 14.5. The second-order valence-corrected chi connectivity index (χ2v) is 3.34. The Morgan fingerprint density at radius 2 is 0.941 bits per heavy atom. The van der Waals surface area contributed by atoms with E-state index in [-0.39, 0.29) is 12.8 Å². The van der Waals surface area contributed by atoms with E-state index in [9.17, 15) is 0 Å². The summed E-state index contributed by atoms with van der Waals surface area (Å²) in [5, 5.41) is 52.3. The summed E-state index contributed by atoms with van der Waals surface area (Å²) in [7, 11) is 0. The van der Waals surface area contributed by atoms with Crippen LogP contribution in [0.2, 0.25) is 0 Å². The fourth-order valence-corrected chi connectivity index (χ4v) is 1.23. The molecule has 6 nitrogen and oxygen atoms in total. The molecule has 0 heterocycles. The van der Waals surface area contributed by atoms with Gasteiger partial charge in [-0.05, 0) is 0 Å². The summed E-state index contributed by atoms with van der Waals surface area (Å²) in [6, 6.07) is 10.0. The lowest BCUT2D eigenvalue weighted by atomic mass is 9.76. The van der Waals surface area contributed by atoms with Crippen LogP contribution in [0, 0.1) is 85.2 Å². The molecule has 0 unspecified atom stereocenters. The van der Waals surface area contributed by atoms with E-state index in [0.29, 0.717) is 0 Å². The summed E-state index contributed by atoms with van der Waals surface area (Å²) in [6.45, 7) is 0. The van der Waals surface area contributed by atoms with E-state index in [2.05, 4.69) is 0 Å². The van der Waals surface area contributed by atoms with Crippen molar-refractivity contribution in [3.63, 3.8) is 0 Å². The van der Waals surface area contributed by atoms with Crippen LogP contribution in [0.5, 0.6) is 0 Å². The van der Waals surface area contributed by atoms with Gasteiger partial charge in [0.25, 0.3) is 0 Å². The van der Waals surface area contributed by atoms with E-state index < -0.39 is 17.3 Å². The van der Waals surface area contributed by atoms with Gasteiger partial charge in [-0.3, -0.25) is 0 Å². The largest absolute Gasteiger partial charge is 0.197 e. The topological polar surface area (TPSA) is 143 Å². The highest BCUT2D eigenvalue weighted by molar-refractivity contribution is 5.20. The molecule has 0 atom stereocenters. The highest BCUT2D eigenvalue weighted by Crippen LogP contribution is 2.32. The van der Waals surface area contributed by atoms with Gasteiger partial charge >= 0.3 is 0 Å². The smallest absolute Gasteiger partial charge is 0.148 e. The summed E-state index contributed by atoms with van der Waals surface area (Å²) in [4.78, 5) is 0. The molecule has 0 rings (SSSR count). The average Bonchev–Trinajstić information content (AvgIpc) is 2.40. The predicted octanol–water partition coefficient (Wildman–Crippen LogP) is 1.13. The Labute approximate surface area is 98.7 Å². The quantitative estimate of drug-likeness (QED) is 0.697. The minimum Gasteiger partial charge on any atom is -0.197 e. The van der Waals surface area contributed by atoms with Gasteiger partial charge in [0.05, 0.1) is 36.4 Å². The Morgan fingerprint density at radius 3 is 1.12 bits per heavy atom. The van der Waals surface area contributed by atoms with Crippen molar-refractivity contribution in [3.05, 3.63) is 0 Å². The minimum atomic E-state index is -1.65. The fourth-order valence-electron chi connectivity index (χ4n) is 1.23. The molecule has 0 N–H and O–H groups in total. The maximum atomic E-state index is 8.95. The average molecular weight is 222 g/mol. The first-order valence-corrected chi connectivity index (χ1v) is 4.52. The van der Waals surface area contributed by atoms with Crippen LogP contribution in [0.3, 0.4) is 0 Å². The first-order valence-electron chi connectivity index (χ1n) is 4.52. The standard InChI is InChI=1S/C11H6N6/c12-3-9(4-13)1-11(7-16,8-17)2-10(5-14)6-15/h9-10H,1-2H2. The third-order valence-electron chi connectivity index (χ3n) is 2.16. The van der Waals surface area contributed by atoms with Gasteiger partial charge in [-0.25, -0.2) is 0 Å². The summed E-state index contributed by atoms with van der Waals surface area (Å²) in [5.74, 6) is -2.21. The van der Waals surface area contributed by atoms with E-state index in [1.807, 2.05) is 0 Å². The van der Waals surface area contributed by atoms with E-state index in [1.165, 1.54) is 0 Å². The van der Waals surface area contributed by atoms with Gasteiger partial charge in [0.1, 0.15) is 17.3 Å². The molecule has 0 aromatic rings. The molecule has 0 bridgehead atoms. The molecule has 0 amide bonds. The van der Waals surface area contributed by atoms with Gasteiger partial charge in [-0.2, -0.15) is 31.6 Å². The summed E-state index contributed by atoms with van der Waals surface area (Å²) < 4.78 is 0. The normalized spacial score (nSPS) is 9.18. The molecule has 0 aromatic carbocycles. The van der Waals surface area contributed by atoms with Crippen molar-refractivity contribution in [2.24, 2.45) is 17.3 Å². The second kappa shape index (κ2) is 6.43. The van der Waals surface area contributed by atoms with Crippen molar-refractivity contribution in [1.29, 1.82) is 31.6 Å². The van der Waals surface area contributed by atoms with Crippen LogP contribution >= 0.6 is 0 Å². The van der Waals surface area contributed by atoms with Crippen molar-refractivity contribution >= 4 is 0 Å². The van der Waals surface area contributed by atoms with Crippen LogP contribution in [0.25, 0.3) is 0 Å². The number of rotatable bonds is 4. The van der Waals surface area contributed by atoms with Gasteiger partial charge in [0, 0.05) is 12.8 Å². The summed E-state index contributed by atoms with van der Waals surface area (Å²) in [5.41, 5.74) is -1.65. The van der Waals surface area contributed by atoms with Crippen molar-refractivity contribution in [3.8, 4) is 36.4 Å². The van der Waals surface area contributed by atoms with Gasteiger partial charge < -0.3 is 0 Å². The van der Waals surface area contributed by atoms with Crippen LogP contribution in [-0.4, -0.2) is 0 Å². The van der Waals surface area contributed by atoms with Crippen LogP contribution < -0.4 is 0 Å². The Balaban J connectivity index is 5.13. The zero-order valence-corrected chi connectivity index (χ0v) is 8.75. The molecule has 0 radical (unpaired) electrons. The summed E-state index contributed by atoms with van der Waals surface area (Å²) >= 11 is 0. The maximum absolute atomic E-state index is 8.95. The zero-order chi connectivity index (χ0) is 13.3. The Morgan fingerprint density at radius 1 is 0.647 bits per heavy atom. The highest BCUT2D eigenvalue weighted by Gasteiger charge is 2.36. The first-order chi connectivity index (χ1) is 8.11. The molecule has 0 aliphatic rings. The summed E-state index contributed by atoms with van der Waals surface area (Å²) in [6.07, 6.45) is -0.570. The van der Waals surface area contributed by atoms with Gasteiger partial charge in [0.2, 0.25) is 0 Å². The monoisotopic (exact) mass is 222 g/mol. The minimum absolute atomic E-state index is 0.285. The Kier molecular flexibility index (Phi) is 5.27. The molecule has 0 saturated carbocycles. The van der Waals surface area contributed by atoms with E-state index in [1.54, 1.807) is 36.4 Å². The molecule has 0 aromatic heterocycles. The lowest BCUT2D eigenvalue weighted by Gasteiger charge is -2.18. The van der Waals surface area contributed by atoms with E-state index in [0.717, 1.165) is 0 Å². The second-order valence-electron chi connectivity index (χ2n) is 3.34. The lowest BCUT2D eigenvalue weighted by molar-refractivity contribution is 0.395. The molecular weight excluding hydrogens is 216 g/mol. The molecule has 0 aliphatic carbocycles. The molecule has 0 aliphatic heterocycles. The third-order valence-corrected chi connectivity index (χ3v) is 2.16. The van der Waals surface area contributed by atoms with Crippen LogP contribution in [-0.2, 0) is 0 Å². The molecule has 0 fully saturated rings. The van der Waals surface area contributed by atoms with Crippen molar-refractivity contribution < 1.29 is 0 Å². The van der Waals surface area contributed by atoms with Crippen LogP contribution in [0.4, 0.5) is 0 Å². The lowest BCUT2D eigenvalue weighted by Crippen LogP contribution is -2.23. The number of hydrogen-bond acceptors (Lipinski definition) is 6. The first kappa shape index (κ1) is 13.9. The molecule has 17 heavy (non-hydrogen) atoms. The van der Waals surface area contributed by atoms with Crippen LogP contribution in [0.1, 0.15) is 12.8 Å². The SMILES string of the molecule is N#CC(C#N)CC(C#N)(C#N)CC(C#N)C#N. The Hall–Kier alpha value is -3.06. The number of hydrogen-bond donors (Lipinski definition) is 0. The van der Waals surface area contributed by atoms with E-state index in [4.69, 9.17) is 31.6 Å². The molecule has 0 spiro atoms. The Bertz CT molecular complexity index is 443. The van der Waals surface area contributed by atoms with Gasteiger partial charge in [-0.15, -0.1) is 0 Å². The van der Waals surface area contributed by atoms with Crippen molar-refractivity contribution in [2.75, 3.05) is 0 Å². The van der Waals surface area contributed by atoms with Gasteiger partial charge in [0.15, 0.2) is 0 Å². The van der Waals surface area contributed by atoms with Crippen molar-refractivity contribution in [1.82, 2.24) is 0 Å². The number of nitriles is 6. The molecule has 0 saturated heterocycles. The maximum Gasteiger partial charge on any atom is 0.148 e. The fraction of sp³-hybridized carbons (Fsp3) is 0.455. The third kappa shape index (κ3) is 3.53. The van der Waals surface area contributed by atoms with E-state index >= 15 is 0 Å². The number of nitrogens with zero attached hydrogens (tertiary/aromatic N) is 6. The molecule has 80 valence electrons. The molecule has 6 heteroatoms. The zero-order valence-electron chi connectivity index (χ0n) is 8.75. The van der Waals surface area contributed by atoms with Crippen molar-refractivity contribution in [2.45, 2.75) is 12.8 Å². The van der Waals surface area contributed by atoms with Crippen LogP contribution in [0.15, 0.2) is 0 Å².